The van der Waals surface area contributed by atoms with Crippen molar-refractivity contribution in [2.24, 2.45) is 0 Å². The van der Waals surface area contributed by atoms with Gasteiger partial charge in [0.15, 0.2) is 5.60 Å². The predicted octanol–water partition coefficient (Wildman–Crippen LogP) is 2.52. The molecule has 2 rings (SSSR count). The van der Waals surface area contributed by atoms with E-state index in [1.807, 2.05) is 27.7 Å². The molecule has 0 fully saturated rings. The first-order valence-corrected chi connectivity index (χ1v) is 8.69. The van der Waals surface area contributed by atoms with Crippen LogP contribution in [0.15, 0.2) is 0 Å². The molecular formula is C19H30N2O3. The quantitative estimate of drug-likeness (QED) is 0.724. The fourth-order valence-electron chi connectivity index (χ4n) is 3.13. The van der Waals surface area contributed by atoms with Gasteiger partial charge in [0.25, 0.3) is 5.91 Å². The van der Waals surface area contributed by atoms with Gasteiger partial charge in [0.1, 0.15) is 11.5 Å². The van der Waals surface area contributed by atoms with Crippen LogP contribution >= 0.6 is 0 Å². The highest BCUT2D eigenvalue weighted by Crippen LogP contribution is 2.43. The maximum absolute atomic E-state index is 12.6. The monoisotopic (exact) mass is 334 g/mol. The zero-order valence-electron chi connectivity index (χ0n) is 15.7. The Morgan fingerprint density at radius 3 is 2.50 bits per heavy atom. The van der Waals surface area contributed by atoms with E-state index in [0.29, 0.717) is 24.8 Å². The Balaban J connectivity index is 2.14. The van der Waals surface area contributed by atoms with Gasteiger partial charge in [0.05, 0.1) is 0 Å². The summed E-state index contributed by atoms with van der Waals surface area (Å²) >= 11 is 0. The van der Waals surface area contributed by atoms with Crippen LogP contribution in [0.3, 0.4) is 0 Å². The zero-order valence-corrected chi connectivity index (χ0v) is 15.7. The normalized spacial score (nSPS) is 19.8. The minimum absolute atomic E-state index is 0.0820. The SMILES string of the molecule is Cc1c(C)c2c(c(C)c1O)CCC(C)(C(=O)NCCNC(C)C)O2. The smallest absolute Gasteiger partial charge is 0.263 e. The van der Waals surface area contributed by atoms with E-state index in [1.165, 1.54) is 0 Å². The molecule has 1 heterocycles. The highest BCUT2D eigenvalue weighted by Gasteiger charge is 2.40. The number of fused-ring (bicyclic) bond motifs is 1. The summed E-state index contributed by atoms with van der Waals surface area (Å²) in [5.41, 5.74) is 2.73. The number of hydrogen-bond acceptors (Lipinski definition) is 4. The van der Waals surface area contributed by atoms with Crippen molar-refractivity contribution < 1.29 is 14.6 Å². The molecule has 1 unspecified atom stereocenters. The molecule has 0 saturated carbocycles. The second-order valence-corrected chi connectivity index (χ2v) is 7.23. The Bertz CT molecular complexity index is 640. The van der Waals surface area contributed by atoms with Crippen molar-refractivity contribution >= 4 is 5.91 Å². The van der Waals surface area contributed by atoms with Gasteiger partial charge in [-0.1, -0.05) is 13.8 Å². The molecule has 0 spiro atoms. The van der Waals surface area contributed by atoms with Gasteiger partial charge >= 0.3 is 0 Å². The second-order valence-electron chi connectivity index (χ2n) is 7.23. The molecule has 1 aliphatic rings. The van der Waals surface area contributed by atoms with Crippen LogP contribution in [-0.2, 0) is 11.2 Å². The first kappa shape index (κ1) is 18.6. The van der Waals surface area contributed by atoms with E-state index in [9.17, 15) is 9.90 Å². The first-order chi connectivity index (χ1) is 11.2. The molecule has 0 saturated heterocycles. The number of phenolic OH excluding ortho intramolecular Hbond substituents is 1. The average molecular weight is 334 g/mol. The Hall–Kier alpha value is -1.75. The number of carbonyl (C=O) groups excluding carboxylic acids is 1. The summed E-state index contributed by atoms with van der Waals surface area (Å²) in [6.07, 6.45) is 1.33. The average Bonchev–Trinajstić information content (AvgIpc) is 2.54. The molecule has 3 N–H and O–H groups in total. The molecule has 5 nitrogen and oxygen atoms in total. The number of rotatable bonds is 5. The summed E-state index contributed by atoms with van der Waals surface area (Å²) in [5, 5.41) is 16.5. The number of phenols is 1. The van der Waals surface area contributed by atoms with Crippen molar-refractivity contribution in [3.8, 4) is 11.5 Å². The van der Waals surface area contributed by atoms with Gasteiger partial charge in [-0.05, 0) is 50.8 Å². The van der Waals surface area contributed by atoms with Crippen LogP contribution in [0.4, 0.5) is 0 Å². The third-order valence-electron chi connectivity index (χ3n) is 4.96. The van der Waals surface area contributed by atoms with Crippen molar-refractivity contribution in [3.05, 3.63) is 22.3 Å². The fraction of sp³-hybridized carbons (Fsp3) is 0.632. The lowest BCUT2D eigenvalue weighted by atomic mass is 9.86. The highest BCUT2D eigenvalue weighted by atomic mass is 16.5. The number of amides is 1. The van der Waals surface area contributed by atoms with Gasteiger partial charge < -0.3 is 20.5 Å². The lowest BCUT2D eigenvalue weighted by Gasteiger charge is -2.36. The maximum Gasteiger partial charge on any atom is 0.263 e. The van der Waals surface area contributed by atoms with E-state index in [-0.39, 0.29) is 5.91 Å². The first-order valence-electron chi connectivity index (χ1n) is 8.69. The molecule has 5 heteroatoms. The van der Waals surface area contributed by atoms with E-state index < -0.39 is 5.60 Å². The van der Waals surface area contributed by atoms with Gasteiger partial charge in [-0.2, -0.15) is 0 Å². The largest absolute Gasteiger partial charge is 0.507 e. The van der Waals surface area contributed by atoms with Crippen LogP contribution in [-0.4, -0.2) is 35.7 Å². The molecule has 1 aliphatic heterocycles. The topological polar surface area (TPSA) is 70.6 Å². The van der Waals surface area contributed by atoms with Crippen LogP contribution in [0.2, 0.25) is 0 Å². The highest BCUT2D eigenvalue weighted by molar-refractivity contribution is 5.85. The molecule has 1 amide bonds. The van der Waals surface area contributed by atoms with Crippen molar-refractivity contribution in [1.29, 1.82) is 0 Å². The maximum atomic E-state index is 12.6. The van der Waals surface area contributed by atoms with Crippen molar-refractivity contribution in [2.75, 3.05) is 13.1 Å². The number of aromatic hydroxyl groups is 1. The Kier molecular flexibility index (Phi) is 5.43. The predicted molar refractivity (Wildman–Crippen MR) is 95.8 cm³/mol. The van der Waals surface area contributed by atoms with Crippen molar-refractivity contribution in [1.82, 2.24) is 10.6 Å². The molecule has 134 valence electrons. The molecule has 0 aromatic heterocycles. The Morgan fingerprint density at radius 1 is 1.21 bits per heavy atom. The van der Waals surface area contributed by atoms with Crippen LogP contribution in [0.5, 0.6) is 11.5 Å². The molecule has 1 aromatic carbocycles. The minimum Gasteiger partial charge on any atom is -0.507 e. The number of hydrogen-bond donors (Lipinski definition) is 3. The number of carbonyl (C=O) groups is 1. The number of benzene rings is 1. The third-order valence-corrected chi connectivity index (χ3v) is 4.96. The summed E-state index contributed by atoms with van der Waals surface area (Å²) in [4.78, 5) is 12.6. The molecule has 0 radical (unpaired) electrons. The zero-order chi connectivity index (χ0) is 18.1. The van der Waals surface area contributed by atoms with E-state index in [1.54, 1.807) is 0 Å². The van der Waals surface area contributed by atoms with Gasteiger partial charge in [0.2, 0.25) is 0 Å². The molecule has 24 heavy (non-hydrogen) atoms. The van der Waals surface area contributed by atoms with Crippen LogP contribution in [0.25, 0.3) is 0 Å². The van der Waals surface area contributed by atoms with E-state index >= 15 is 0 Å². The van der Waals surface area contributed by atoms with Gasteiger partial charge in [-0.15, -0.1) is 0 Å². The Labute approximate surface area is 144 Å². The Morgan fingerprint density at radius 2 is 1.88 bits per heavy atom. The number of ether oxygens (including phenoxy) is 1. The lowest BCUT2D eigenvalue weighted by molar-refractivity contribution is -0.136. The minimum atomic E-state index is -0.870. The molecule has 1 aromatic rings. The van der Waals surface area contributed by atoms with Crippen LogP contribution < -0.4 is 15.4 Å². The van der Waals surface area contributed by atoms with Gasteiger partial charge in [-0.25, -0.2) is 0 Å². The van der Waals surface area contributed by atoms with Crippen LogP contribution in [0.1, 0.15) is 49.4 Å². The molecular weight excluding hydrogens is 304 g/mol. The van der Waals surface area contributed by atoms with Crippen molar-refractivity contribution in [2.45, 2.75) is 66.0 Å². The summed E-state index contributed by atoms with van der Waals surface area (Å²) in [6.45, 7) is 13.0. The molecule has 1 atom stereocenters. The standard InChI is InChI=1S/C19H30N2O3/c1-11(2)20-9-10-21-18(23)19(6)8-7-15-14(5)16(22)12(3)13(4)17(15)24-19/h11,20,22H,7-10H2,1-6H3,(H,21,23). The number of nitrogens with one attached hydrogen (secondary N) is 2. The van der Waals surface area contributed by atoms with Crippen molar-refractivity contribution in [3.63, 3.8) is 0 Å². The van der Waals surface area contributed by atoms with E-state index in [4.69, 9.17) is 4.74 Å². The second kappa shape index (κ2) is 7.01. The van der Waals surface area contributed by atoms with E-state index in [0.717, 1.165) is 41.0 Å². The summed E-state index contributed by atoms with van der Waals surface area (Å²) in [5.74, 6) is 1.01. The van der Waals surface area contributed by atoms with Gasteiger partial charge in [0, 0.05) is 31.1 Å². The van der Waals surface area contributed by atoms with E-state index in [2.05, 4.69) is 24.5 Å². The third kappa shape index (κ3) is 3.51. The summed E-state index contributed by atoms with van der Waals surface area (Å²) in [7, 11) is 0. The van der Waals surface area contributed by atoms with Gasteiger partial charge in [-0.3, -0.25) is 4.79 Å². The molecule has 0 aliphatic carbocycles. The lowest BCUT2D eigenvalue weighted by Crippen LogP contribution is -2.52. The van der Waals surface area contributed by atoms with Crippen LogP contribution in [0, 0.1) is 20.8 Å². The fourth-order valence-corrected chi connectivity index (χ4v) is 3.13. The summed E-state index contributed by atoms with van der Waals surface area (Å²) < 4.78 is 6.16. The molecule has 0 bridgehead atoms. The summed E-state index contributed by atoms with van der Waals surface area (Å²) in [6, 6.07) is 0.400.